The van der Waals surface area contributed by atoms with Gasteiger partial charge in [-0.2, -0.15) is 0 Å². The average Bonchev–Trinajstić information content (AvgIpc) is 2.45. The number of rotatable bonds is 4. The minimum Gasteiger partial charge on any atom is -1.00 e. The van der Waals surface area contributed by atoms with E-state index in [1.54, 1.807) is 7.11 Å². The second kappa shape index (κ2) is 5.90. The van der Waals surface area contributed by atoms with E-state index in [0.29, 0.717) is 6.54 Å². The molecule has 0 unspecified atom stereocenters. The molecule has 120 valence electrons. The normalized spacial score (nSPS) is 35.0. The molecule has 4 aliphatic rings. The van der Waals surface area contributed by atoms with E-state index in [-0.39, 0.29) is 22.8 Å². The molecule has 0 atom stereocenters. The minimum absolute atomic E-state index is 0. The molecule has 4 fully saturated rings. The van der Waals surface area contributed by atoms with E-state index >= 15 is 0 Å². The molecule has 7 heteroatoms. The van der Waals surface area contributed by atoms with Gasteiger partial charge in [-0.15, -0.1) is 0 Å². The van der Waals surface area contributed by atoms with Crippen molar-refractivity contribution in [3.63, 3.8) is 0 Å². The molecule has 0 spiro atoms. The van der Waals surface area contributed by atoms with Crippen molar-refractivity contribution >= 4 is 5.78 Å². The second-order valence-corrected chi connectivity index (χ2v) is 6.51. The number of ketones is 1. The van der Waals surface area contributed by atoms with Crippen LogP contribution in [0.3, 0.4) is 0 Å². The van der Waals surface area contributed by atoms with E-state index in [1.807, 2.05) is 24.3 Å². The molecule has 22 heavy (non-hydrogen) atoms. The lowest BCUT2D eigenvalue weighted by atomic mass is 10.1. The molecule has 1 aromatic carbocycles. The number of methoxy groups -OCH3 is 1. The van der Waals surface area contributed by atoms with Gasteiger partial charge in [0.05, 0.1) is 27.1 Å². The van der Waals surface area contributed by atoms with E-state index in [0.717, 1.165) is 55.8 Å². The highest BCUT2D eigenvalue weighted by Crippen LogP contribution is 2.29. The fourth-order valence-corrected chi connectivity index (χ4v) is 3.98. The van der Waals surface area contributed by atoms with Crippen LogP contribution in [0, 0.1) is 0 Å². The number of nitrogens with zero attached hydrogens (tertiary/aromatic N) is 4. The standard InChI is InChI=1S/C15H21N4O2.BrH/c1-21-14-4-2-13(3-5-14)15(20)6-19-10-16-7-17(11-19)9-18(8-16)12-19;/h2-5H,6-12H2,1H3;1H/q+1;/p-1. The van der Waals surface area contributed by atoms with Gasteiger partial charge in [0.2, 0.25) is 5.78 Å². The minimum atomic E-state index is 0. The predicted molar refractivity (Wildman–Crippen MR) is 77.2 cm³/mol. The summed E-state index contributed by atoms with van der Waals surface area (Å²) in [4.78, 5) is 19.9. The molecule has 6 nitrogen and oxygen atoms in total. The highest BCUT2D eigenvalue weighted by Gasteiger charge is 2.49. The lowest BCUT2D eigenvalue weighted by molar-refractivity contribution is -0.973. The van der Waals surface area contributed by atoms with Crippen LogP contribution < -0.4 is 21.7 Å². The van der Waals surface area contributed by atoms with E-state index in [2.05, 4.69) is 14.7 Å². The van der Waals surface area contributed by atoms with Crippen molar-refractivity contribution in [2.45, 2.75) is 0 Å². The molecule has 0 aliphatic carbocycles. The fraction of sp³-hybridized carbons (Fsp3) is 0.533. The molecule has 0 N–H and O–H groups in total. The monoisotopic (exact) mass is 368 g/mol. The Morgan fingerprint density at radius 3 is 2.00 bits per heavy atom. The van der Waals surface area contributed by atoms with Crippen molar-refractivity contribution in [3.05, 3.63) is 29.8 Å². The van der Waals surface area contributed by atoms with Crippen LogP contribution in [0.2, 0.25) is 0 Å². The molecular weight excluding hydrogens is 348 g/mol. The number of hydrogen-bond donors (Lipinski definition) is 0. The zero-order valence-corrected chi connectivity index (χ0v) is 14.3. The lowest BCUT2D eigenvalue weighted by Gasteiger charge is -2.60. The first-order valence-corrected chi connectivity index (χ1v) is 7.35. The van der Waals surface area contributed by atoms with Gasteiger partial charge in [0.15, 0.2) is 0 Å². The van der Waals surface area contributed by atoms with Crippen LogP contribution in [0.25, 0.3) is 0 Å². The lowest BCUT2D eigenvalue weighted by Crippen LogP contribution is -3.00. The molecule has 0 aromatic heterocycles. The number of carbonyl (C=O) groups is 1. The molecule has 4 aliphatic heterocycles. The zero-order chi connectivity index (χ0) is 14.4. The Labute approximate surface area is 141 Å². The molecule has 4 heterocycles. The third-order valence-corrected chi connectivity index (χ3v) is 4.59. The first-order valence-electron chi connectivity index (χ1n) is 7.35. The summed E-state index contributed by atoms with van der Waals surface area (Å²) in [7, 11) is 1.64. The van der Waals surface area contributed by atoms with E-state index < -0.39 is 0 Å². The van der Waals surface area contributed by atoms with Gasteiger partial charge in [0, 0.05) is 5.56 Å². The van der Waals surface area contributed by atoms with Gasteiger partial charge in [-0.25, -0.2) is 14.7 Å². The summed E-state index contributed by atoms with van der Waals surface area (Å²) >= 11 is 0. The van der Waals surface area contributed by atoms with E-state index in [4.69, 9.17) is 4.74 Å². The molecular formula is C15H21BrN4O2. The quantitative estimate of drug-likeness (QED) is 0.430. The fourth-order valence-electron chi connectivity index (χ4n) is 3.98. The second-order valence-electron chi connectivity index (χ2n) is 6.51. The summed E-state index contributed by atoms with van der Waals surface area (Å²) in [5, 5.41) is 0. The van der Waals surface area contributed by atoms with Crippen LogP contribution in [0.4, 0.5) is 0 Å². The third kappa shape index (κ3) is 2.79. The Balaban J connectivity index is 0.00000144. The average molecular weight is 369 g/mol. The Bertz CT molecular complexity index is 528. The molecule has 4 saturated heterocycles. The van der Waals surface area contributed by atoms with Gasteiger partial charge >= 0.3 is 0 Å². The first kappa shape index (κ1) is 15.9. The van der Waals surface area contributed by atoms with Gasteiger partial charge in [-0.3, -0.25) is 9.28 Å². The maximum atomic E-state index is 12.6. The molecule has 0 amide bonds. The Hall–Kier alpha value is -0.990. The number of halogens is 1. The number of quaternary nitrogens is 1. The number of carbonyl (C=O) groups excluding carboxylic acids is 1. The topological polar surface area (TPSA) is 36.0 Å². The summed E-state index contributed by atoms with van der Waals surface area (Å²) < 4.78 is 6.00. The van der Waals surface area contributed by atoms with Crippen LogP contribution >= 0.6 is 0 Å². The van der Waals surface area contributed by atoms with Gasteiger partial charge in [0.1, 0.15) is 32.3 Å². The van der Waals surface area contributed by atoms with Crippen LogP contribution in [0.1, 0.15) is 10.4 Å². The van der Waals surface area contributed by atoms with Gasteiger partial charge in [0.25, 0.3) is 0 Å². The summed E-state index contributed by atoms with van der Waals surface area (Å²) in [5.74, 6) is 1.02. The van der Waals surface area contributed by atoms with Crippen LogP contribution in [0.5, 0.6) is 5.75 Å². The summed E-state index contributed by atoms with van der Waals surface area (Å²) in [6.45, 7) is 6.71. The maximum Gasteiger partial charge on any atom is 0.217 e. The van der Waals surface area contributed by atoms with Crippen molar-refractivity contribution < 1.29 is 31.0 Å². The van der Waals surface area contributed by atoms with Crippen molar-refractivity contribution in [2.24, 2.45) is 0 Å². The van der Waals surface area contributed by atoms with Crippen molar-refractivity contribution in [1.29, 1.82) is 0 Å². The van der Waals surface area contributed by atoms with E-state index in [9.17, 15) is 4.79 Å². The highest BCUT2D eigenvalue weighted by atomic mass is 79.9. The zero-order valence-electron chi connectivity index (χ0n) is 12.7. The number of benzene rings is 1. The summed E-state index contributed by atoms with van der Waals surface area (Å²) in [6, 6.07) is 7.45. The van der Waals surface area contributed by atoms with Crippen molar-refractivity contribution in [2.75, 3.05) is 53.7 Å². The number of hydrogen-bond acceptors (Lipinski definition) is 5. The Morgan fingerprint density at radius 2 is 1.55 bits per heavy atom. The SMILES string of the molecule is COc1ccc(C(=O)C[N+]23CN4CN(CN(C4)C2)C3)cc1.[Br-]. The van der Waals surface area contributed by atoms with Crippen LogP contribution in [-0.2, 0) is 0 Å². The predicted octanol–water partition coefficient (Wildman–Crippen LogP) is -2.61. The summed E-state index contributed by atoms with van der Waals surface area (Å²) in [5.41, 5.74) is 0.782. The van der Waals surface area contributed by atoms with Gasteiger partial charge in [-0.05, 0) is 24.3 Å². The van der Waals surface area contributed by atoms with Gasteiger partial charge < -0.3 is 21.7 Å². The van der Waals surface area contributed by atoms with Crippen molar-refractivity contribution in [1.82, 2.24) is 14.7 Å². The molecule has 0 saturated carbocycles. The number of ether oxygens (including phenoxy) is 1. The van der Waals surface area contributed by atoms with E-state index in [1.165, 1.54) is 0 Å². The van der Waals surface area contributed by atoms with Gasteiger partial charge in [-0.1, -0.05) is 0 Å². The third-order valence-electron chi connectivity index (χ3n) is 4.59. The van der Waals surface area contributed by atoms with Crippen molar-refractivity contribution in [3.8, 4) is 5.75 Å². The first-order chi connectivity index (χ1) is 10.2. The Morgan fingerprint density at radius 1 is 1.05 bits per heavy atom. The number of Topliss-reactive ketones (excluding diaryl/α,β-unsaturated/α-hetero) is 1. The highest BCUT2D eigenvalue weighted by molar-refractivity contribution is 5.97. The van der Waals surface area contributed by atoms with Crippen LogP contribution in [0.15, 0.2) is 24.3 Å². The molecule has 5 rings (SSSR count). The van der Waals surface area contributed by atoms with Crippen LogP contribution in [-0.4, -0.2) is 78.6 Å². The smallest absolute Gasteiger partial charge is 0.217 e. The molecule has 4 bridgehead atoms. The Kier molecular flexibility index (Phi) is 4.26. The largest absolute Gasteiger partial charge is 1.00 e. The summed E-state index contributed by atoms with van der Waals surface area (Å²) in [6.07, 6.45) is 0. The maximum absolute atomic E-state index is 12.6. The molecule has 0 radical (unpaired) electrons. The molecule has 1 aromatic rings.